The van der Waals surface area contributed by atoms with Gasteiger partial charge in [-0.25, -0.2) is 5.10 Å². The molecule has 1 fully saturated rings. The average molecular weight is 321 g/mol. The second-order valence-electron chi connectivity index (χ2n) is 6.28. The third-order valence-corrected chi connectivity index (χ3v) is 5.47. The van der Waals surface area contributed by atoms with Crippen LogP contribution in [0.1, 0.15) is 61.6 Å². The van der Waals surface area contributed by atoms with Crippen molar-refractivity contribution < 1.29 is 9.53 Å². The summed E-state index contributed by atoms with van der Waals surface area (Å²) in [6, 6.07) is 0.0359. The second kappa shape index (κ2) is 6.83. The van der Waals surface area contributed by atoms with Gasteiger partial charge in [-0.05, 0) is 45.6 Å². The van der Waals surface area contributed by atoms with E-state index in [-0.39, 0.29) is 29.0 Å². The lowest BCUT2D eigenvalue weighted by molar-refractivity contribution is -0.134. The number of amides is 1. The Morgan fingerprint density at radius 1 is 1.35 bits per heavy atom. The Hall–Kier alpha value is -1.69. The van der Waals surface area contributed by atoms with E-state index in [0.717, 1.165) is 19.3 Å². The molecule has 1 aliphatic rings. The molecule has 0 spiro atoms. The molecule has 2 atom stereocenters. The lowest BCUT2D eigenvalue weighted by Crippen LogP contribution is -2.64. The van der Waals surface area contributed by atoms with Gasteiger partial charge < -0.3 is 10.1 Å². The van der Waals surface area contributed by atoms with Crippen LogP contribution >= 0.6 is 0 Å². The molecule has 0 saturated heterocycles. The summed E-state index contributed by atoms with van der Waals surface area (Å²) in [6.07, 6.45) is 2.84. The molecular weight excluding hydrogens is 294 g/mol. The standard InChI is InChI=1S/C17H27N3O3/c1-6-17(7-2)12(9-13(17)23-8-3)18-15(21)14-10(4)11(5)19-20-16(14)22/h12-13H,6-9H2,1-5H3,(H,18,21)(H,20,22)/t12-,13-/m1/s1. The molecule has 2 N–H and O–H groups in total. The van der Waals surface area contributed by atoms with Crippen molar-refractivity contribution >= 4 is 5.91 Å². The van der Waals surface area contributed by atoms with Gasteiger partial charge in [-0.1, -0.05) is 13.8 Å². The largest absolute Gasteiger partial charge is 0.378 e. The van der Waals surface area contributed by atoms with Crippen molar-refractivity contribution in [3.05, 3.63) is 27.2 Å². The number of ether oxygens (including phenoxy) is 1. The summed E-state index contributed by atoms with van der Waals surface area (Å²) in [5.41, 5.74) is 0.968. The fraction of sp³-hybridized carbons (Fsp3) is 0.706. The predicted molar refractivity (Wildman–Crippen MR) is 88.6 cm³/mol. The van der Waals surface area contributed by atoms with Crippen LogP contribution in [0.5, 0.6) is 0 Å². The third-order valence-electron chi connectivity index (χ3n) is 5.47. The maximum Gasteiger partial charge on any atom is 0.277 e. The van der Waals surface area contributed by atoms with E-state index in [1.165, 1.54) is 0 Å². The van der Waals surface area contributed by atoms with Crippen LogP contribution in [0.2, 0.25) is 0 Å². The van der Waals surface area contributed by atoms with E-state index in [1.807, 2.05) is 6.92 Å². The quantitative estimate of drug-likeness (QED) is 0.840. The molecule has 1 saturated carbocycles. The van der Waals surface area contributed by atoms with Crippen LogP contribution in [0.25, 0.3) is 0 Å². The van der Waals surface area contributed by atoms with Gasteiger partial charge in [0.25, 0.3) is 11.5 Å². The van der Waals surface area contributed by atoms with Crippen molar-refractivity contribution in [3.8, 4) is 0 Å². The molecule has 23 heavy (non-hydrogen) atoms. The number of rotatable bonds is 6. The number of aromatic nitrogens is 2. The summed E-state index contributed by atoms with van der Waals surface area (Å²) in [5, 5.41) is 9.34. The van der Waals surface area contributed by atoms with Gasteiger partial charge in [-0.3, -0.25) is 9.59 Å². The number of nitrogens with zero attached hydrogens (tertiary/aromatic N) is 1. The zero-order valence-corrected chi connectivity index (χ0v) is 14.7. The second-order valence-corrected chi connectivity index (χ2v) is 6.28. The summed E-state index contributed by atoms with van der Waals surface area (Å²) in [6.45, 7) is 10.5. The SMILES string of the molecule is CCO[C@@H]1C[C@@H](NC(=O)c2c(C)c(C)n[nH]c2=O)C1(CC)CC. The molecule has 0 radical (unpaired) electrons. The molecule has 1 amide bonds. The van der Waals surface area contributed by atoms with Crippen LogP contribution in [0.15, 0.2) is 4.79 Å². The maximum atomic E-state index is 12.6. The van der Waals surface area contributed by atoms with E-state index >= 15 is 0 Å². The van der Waals surface area contributed by atoms with Crippen molar-refractivity contribution in [1.82, 2.24) is 15.5 Å². The van der Waals surface area contributed by atoms with Gasteiger partial charge in [-0.2, -0.15) is 5.10 Å². The molecule has 6 heteroatoms. The molecule has 0 unspecified atom stereocenters. The van der Waals surface area contributed by atoms with Crippen LogP contribution in [-0.2, 0) is 4.74 Å². The fourth-order valence-electron chi connectivity index (χ4n) is 3.71. The summed E-state index contributed by atoms with van der Waals surface area (Å²) < 4.78 is 5.83. The summed E-state index contributed by atoms with van der Waals surface area (Å²) >= 11 is 0. The van der Waals surface area contributed by atoms with Crippen molar-refractivity contribution in [3.63, 3.8) is 0 Å². The Labute approximate surface area is 137 Å². The van der Waals surface area contributed by atoms with Gasteiger partial charge in [0.15, 0.2) is 0 Å². The highest BCUT2D eigenvalue weighted by Crippen LogP contribution is 2.48. The molecule has 2 rings (SSSR count). The van der Waals surface area contributed by atoms with E-state index in [9.17, 15) is 9.59 Å². The molecule has 1 aromatic heterocycles. The molecule has 0 aliphatic heterocycles. The number of nitrogens with one attached hydrogen (secondary N) is 2. The highest BCUT2D eigenvalue weighted by molar-refractivity contribution is 5.95. The van der Waals surface area contributed by atoms with Crippen molar-refractivity contribution in [2.24, 2.45) is 5.41 Å². The Balaban J connectivity index is 2.21. The highest BCUT2D eigenvalue weighted by Gasteiger charge is 2.54. The van der Waals surface area contributed by atoms with Crippen LogP contribution in [0.4, 0.5) is 0 Å². The van der Waals surface area contributed by atoms with Gasteiger partial charge >= 0.3 is 0 Å². The zero-order chi connectivity index (χ0) is 17.2. The smallest absolute Gasteiger partial charge is 0.277 e. The monoisotopic (exact) mass is 321 g/mol. The van der Waals surface area contributed by atoms with Gasteiger partial charge in [0.2, 0.25) is 0 Å². The Bertz CT molecular complexity index is 634. The first kappa shape index (κ1) is 17.7. The number of H-pyrrole nitrogens is 1. The van der Waals surface area contributed by atoms with Crippen LogP contribution in [-0.4, -0.2) is 34.9 Å². The van der Waals surface area contributed by atoms with Gasteiger partial charge in [0.1, 0.15) is 5.56 Å². The third kappa shape index (κ3) is 2.92. The number of aromatic amines is 1. The molecule has 0 bridgehead atoms. The van der Waals surface area contributed by atoms with Crippen LogP contribution in [0, 0.1) is 19.3 Å². The number of hydrogen-bond donors (Lipinski definition) is 2. The molecule has 1 heterocycles. The summed E-state index contributed by atoms with van der Waals surface area (Å²) in [4.78, 5) is 24.6. The molecule has 6 nitrogen and oxygen atoms in total. The molecule has 0 aromatic carbocycles. The Kier molecular flexibility index (Phi) is 5.24. The molecule has 1 aromatic rings. The van der Waals surface area contributed by atoms with E-state index in [0.29, 0.717) is 17.9 Å². The number of carbonyl (C=O) groups excluding carboxylic acids is 1. The minimum atomic E-state index is -0.440. The average Bonchev–Trinajstić information content (AvgIpc) is 2.51. The molecule has 128 valence electrons. The Morgan fingerprint density at radius 3 is 2.57 bits per heavy atom. The molecule has 1 aliphatic carbocycles. The lowest BCUT2D eigenvalue weighted by atomic mass is 9.58. The van der Waals surface area contributed by atoms with Crippen molar-refractivity contribution in [1.29, 1.82) is 0 Å². The van der Waals surface area contributed by atoms with Crippen LogP contribution in [0.3, 0.4) is 0 Å². The van der Waals surface area contributed by atoms with Crippen LogP contribution < -0.4 is 10.9 Å². The zero-order valence-electron chi connectivity index (χ0n) is 14.7. The van der Waals surface area contributed by atoms with Crippen molar-refractivity contribution in [2.45, 2.75) is 66.0 Å². The first-order valence-electron chi connectivity index (χ1n) is 8.39. The maximum absolute atomic E-state index is 12.6. The summed E-state index contributed by atoms with van der Waals surface area (Å²) in [7, 11) is 0. The first-order chi connectivity index (χ1) is 10.9. The fourth-order valence-corrected chi connectivity index (χ4v) is 3.71. The normalized spacial score (nSPS) is 22.5. The number of carbonyl (C=O) groups is 1. The van der Waals surface area contributed by atoms with Gasteiger partial charge in [0, 0.05) is 18.1 Å². The van der Waals surface area contributed by atoms with E-state index in [2.05, 4.69) is 29.4 Å². The van der Waals surface area contributed by atoms with E-state index in [4.69, 9.17) is 4.74 Å². The number of aryl methyl sites for hydroxylation is 1. The minimum Gasteiger partial charge on any atom is -0.378 e. The molecular formula is C17H27N3O3. The van der Waals surface area contributed by atoms with E-state index < -0.39 is 5.56 Å². The van der Waals surface area contributed by atoms with E-state index in [1.54, 1.807) is 13.8 Å². The Morgan fingerprint density at radius 2 is 2.00 bits per heavy atom. The van der Waals surface area contributed by atoms with Crippen molar-refractivity contribution in [2.75, 3.05) is 6.61 Å². The number of hydrogen-bond acceptors (Lipinski definition) is 4. The first-order valence-corrected chi connectivity index (χ1v) is 8.39. The highest BCUT2D eigenvalue weighted by atomic mass is 16.5. The topological polar surface area (TPSA) is 84.1 Å². The predicted octanol–water partition coefficient (Wildman–Crippen LogP) is 2.10. The lowest BCUT2D eigenvalue weighted by Gasteiger charge is -2.55. The minimum absolute atomic E-state index is 0.0359. The van der Waals surface area contributed by atoms with Gasteiger partial charge in [-0.15, -0.1) is 0 Å². The van der Waals surface area contributed by atoms with Gasteiger partial charge in [0.05, 0.1) is 11.8 Å². The summed E-state index contributed by atoms with van der Waals surface area (Å²) in [5.74, 6) is -0.319.